The van der Waals surface area contributed by atoms with Gasteiger partial charge in [0.2, 0.25) is 5.91 Å². The zero-order chi connectivity index (χ0) is 16.1. The molecule has 0 radical (unpaired) electrons. The first-order valence-corrected chi connectivity index (χ1v) is 7.54. The molecule has 1 aromatic carbocycles. The Hall–Kier alpha value is -2.17. The summed E-state index contributed by atoms with van der Waals surface area (Å²) in [6.07, 6.45) is 1.95. The number of nitrogens with zero attached hydrogens (tertiary/aromatic N) is 4. The number of benzene rings is 1. The van der Waals surface area contributed by atoms with Crippen LogP contribution in [0.25, 0.3) is 11.3 Å². The lowest BCUT2D eigenvalue weighted by molar-refractivity contribution is -0.132. The zero-order valence-corrected chi connectivity index (χ0v) is 13.8. The van der Waals surface area contributed by atoms with Gasteiger partial charge in [0.25, 0.3) is 0 Å². The molecule has 1 saturated heterocycles. The van der Waals surface area contributed by atoms with Gasteiger partial charge >= 0.3 is 0 Å². The van der Waals surface area contributed by atoms with Crippen LogP contribution in [-0.4, -0.2) is 27.4 Å². The molecule has 1 aliphatic rings. The van der Waals surface area contributed by atoms with E-state index < -0.39 is 0 Å². The lowest BCUT2D eigenvalue weighted by Crippen LogP contribution is -2.58. The molecule has 0 atom stereocenters. The summed E-state index contributed by atoms with van der Waals surface area (Å²) < 4.78 is 1.85. The molecule has 2 aromatic rings. The Bertz CT molecular complexity index is 724. The highest BCUT2D eigenvalue weighted by Crippen LogP contribution is 2.36. The molecule has 0 N–H and O–H groups in total. The molecule has 0 unspecified atom stereocenters. The third-order valence-electron chi connectivity index (χ3n) is 4.01. The van der Waals surface area contributed by atoms with Gasteiger partial charge in [0.05, 0.1) is 17.2 Å². The van der Waals surface area contributed by atoms with E-state index >= 15 is 0 Å². The maximum atomic E-state index is 12.2. The Morgan fingerprint density at radius 3 is 2.50 bits per heavy atom. The number of hydrogen-bond acceptors (Lipinski definition) is 3. The van der Waals surface area contributed by atoms with Crippen molar-refractivity contribution in [2.24, 2.45) is 5.41 Å². The molecule has 0 saturated carbocycles. The number of carbonyl (C=O) groups excluding carboxylic acids is 1. The molecular weight excluding hydrogens is 276 g/mol. The molecule has 2 heterocycles. The van der Waals surface area contributed by atoms with E-state index in [0.717, 1.165) is 23.5 Å². The highest BCUT2D eigenvalue weighted by atomic mass is 16.2. The number of carbonyl (C=O) groups is 1. The molecule has 5 heteroatoms. The molecule has 3 rings (SSSR count). The third kappa shape index (κ3) is 2.40. The predicted octanol–water partition coefficient (Wildman–Crippen LogP) is 3.07. The summed E-state index contributed by atoms with van der Waals surface area (Å²) in [5.74, 6) is 0.169. The first-order valence-electron chi connectivity index (χ1n) is 7.54. The third-order valence-corrected chi connectivity index (χ3v) is 4.01. The minimum atomic E-state index is -0.245. The van der Waals surface area contributed by atoms with Crippen molar-refractivity contribution < 1.29 is 4.79 Å². The number of β-lactam (4-membered cyclic amide) rings is 1. The van der Waals surface area contributed by atoms with Gasteiger partial charge in [0.15, 0.2) is 0 Å². The lowest BCUT2D eigenvalue weighted by Gasteiger charge is -2.44. The van der Waals surface area contributed by atoms with Crippen LogP contribution in [0.3, 0.4) is 0 Å². The van der Waals surface area contributed by atoms with Crippen LogP contribution in [0, 0.1) is 5.41 Å². The van der Waals surface area contributed by atoms with Gasteiger partial charge in [0.1, 0.15) is 5.69 Å². The van der Waals surface area contributed by atoms with Gasteiger partial charge in [-0.15, -0.1) is 5.10 Å². The molecule has 1 fully saturated rings. The Balaban J connectivity index is 1.89. The van der Waals surface area contributed by atoms with Crippen molar-refractivity contribution in [1.29, 1.82) is 0 Å². The number of rotatable bonds is 2. The Morgan fingerprint density at radius 1 is 1.23 bits per heavy atom. The van der Waals surface area contributed by atoms with E-state index in [4.69, 9.17) is 0 Å². The van der Waals surface area contributed by atoms with Crippen LogP contribution in [0.1, 0.15) is 34.6 Å². The molecular formula is C17H22N4O. The summed E-state index contributed by atoms with van der Waals surface area (Å²) in [6.45, 7) is 11.0. The second-order valence-corrected chi connectivity index (χ2v) is 7.54. The minimum Gasteiger partial charge on any atom is -0.311 e. The Kier molecular flexibility index (Phi) is 3.13. The van der Waals surface area contributed by atoms with Crippen LogP contribution < -0.4 is 4.90 Å². The van der Waals surface area contributed by atoms with E-state index in [2.05, 4.69) is 31.1 Å². The molecule has 1 amide bonds. The van der Waals surface area contributed by atoms with Gasteiger partial charge < -0.3 is 4.90 Å². The summed E-state index contributed by atoms with van der Waals surface area (Å²) in [5.41, 5.74) is 2.38. The van der Waals surface area contributed by atoms with Crippen LogP contribution in [0.2, 0.25) is 0 Å². The van der Waals surface area contributed by atoms with Crippen LogP contribution in [0.4, 0.5) is 5.69 Å². The maximum absolute atomic E-state index is 12.2. The van der Waals surface area contributed by atoms with E-state index in [9.17, 15) is 4.79 Å². The summed E-state index contributed by atoms with van der Waals surface area (Å²) in [7, 11) is 0. The molecule has 5 nitrogen and oxygen atoms in total. The molecule has 0 bridgehead atoms. The molecule has 0 spiro atoms. The quantitative estimate of drug-likeness (QED) is 0.801. The fourth-order valence-corrected chi connectivity index (χ4v) is 2.57. The van der Waals surface area contributed by atoms with Crippen molar-refractivity contribution >= 4 is 11.6 Å². The van der Waals surface area contributed by atoms with Crippen LogP contribution in [-0.2, 0) is 10.3 Å². The Labute approximate surface area is 130 Å². The van der Waals surface area contributed by atoms with Crippen molar-refractivity contribution in [3.8, 4) is 11.3 Å². The van der Waals surface area contributed by atoms with Crippen LogP contribution in [0.15, 0.2) is 30.5 Å². The Morgan fingerprint density at radius 2 is 1.95 bits per heavy atom. The van der Waals surface area contributed by atoms with E-state index in [1.165, 1.54) is 0 Å². The summed E-state index contributed by atoms with van der Waals surface area (Å²) in [5, 5.41) is 8.45. The van der Waals surface area contributed by atoms with E-state index in [-0.39, 0.29) is 16.9 Å². The standard InChI is InChI=1S/C17H22N4O/c1-16(2,3)21-10-14(18-19-21)12-7-6-8-13(9-12)20-11-17(4,5)15(20)22/h6-10H,11H2,1-5H3. The average Bonchev–Trinajstić information content (AvgIpc) is 2.94. The topological polar surface area (TPSA) is 51.0 Å². The molecule has 1 aromatic heterocycles. The molecule has 22 heavy (non-hydrogen) atoms. The second kappa shape index (κ2) is 4.66. The van der Waals surface area contributed by atoms with Crippen molar-refractivity contribution in [2.45, 2.75) is 40.2 Å². The first-order chi connectivity index (χ1) is 10.2. The van der Waals surface area contributed by atoms with Gasteiger partial charge in [-0.1, -0.05) is 17.3 Å². The van der Waals surface area contributed by atoms with Gasteiger partial charge in [0, 0.05) is 17.8 Å². The molecule has 0 aliphatic carbocycles. The molecule has 116 valence electrons. The normalized spacial score (nSPS) is 17.5. The highest BCUT2D eigenvalue weighted by molar-refractivity contribution is 6.04. The first kappa shape index (κ1) is 14.8. The predicted molar refractivity (Wildman–Crippen MR) is 86.6 cm³/mol. The van der Waals surface area contributed by atoms with Crippen molar-refractivity contribution in [1.82, 2.24) is 15.0 Å². The summed E-state index contributed by atoms with van der Waals surface area (Å²) in [4.78, 5) is 14.0. The number of aromatic nitrogens is 3. The summed E-state index contributed by atoms with van der Waals surface area (Å²) in [6, 6.07) is 7.92. The fraction of sp³-hybridized carbons (Fsp3) is 0.471. The lowest BCUT2D eigenvalue weighted by atomic mass is 9.82. The molecule has 1 aliphatic heterocycles. The van der Waals surface area contributed by atoms with Crippen LogP contribution >= 0.6 is 0 Å². The monoisotopic (exact) mass is 298 g/mol. The zero-order valence-electron chi connectivity index (χ0n) is 13.8. The second-order valence-electron chi connectivity index (χ2n) is 7.54. The fourth-order valence-electron chi connectivity index (χ4n) is 2.57. The maximum Gasteiger partial charge on any atom is 0.234 e. The van der Waals surface area contributed by atoms with E-state index in [1.807, 2.05) is 53.9 Å². The van der Waals surface area contributed by atoms with Crippen molar-refractivity contribution in [3.05, 3.63) is 30.5 Å². The largest absolute Gasteiger partial charge is 0.311 e. The van der Waals surface area contributed by atoms with Gasteiger partial charge in [-0.2, -0.15) is 0 Å². The van der Waals surface area contributed by atoms with Gasteiger partial charge in [-0.25, -0.2) is 4.68 Å². The van der Waals surface area contributed by atoms with E-state index in [1.54, 1.807) is 0 Å². The van der Waals surface area contributed by atoms with Gasteiger partial charge in [-0.3, -0.25) is 4.79 Å². The van der Waals surface area contributed by atoms with Crippen LogP contribution in [0.5, 0.6) is 0 Å². The van der Waals surface area contributed by atoms with Crippen molar-refractivity contribution in [2.75, 3.05) is 11.4 Å². The number of anilines is 1. The summed E-state index contributed by atoms with van der Waals surface area (Å²) >= 11 is 0. The number of amides is 1. The smallest absolute Gasteiger partial charge is 0.234 e. The van der Waals surface area contributed by atoms with Crippen molar-refractivity contribution in [3.63, 3.8) is 0 Å². The highest BCUT2D eigenvalue weighted by Gasteiger charge is 2.44. The SMILES string of the molecule is CC1(C)CN(c2cccc(-c3cn(C(C)(C)C)nn3)c2)C1=O. The average molecular weight is 298 g/mol. The number of hydrogen-bond donors (Lipinski definition) is 0. The van der Waals surface area contributed by atoms with E-state index in [0.29, 0.717) is 0 Å². The van der Waals surface area contributed by atoms with Gasteiger partial charge in [-0.05, 0) is 46.8 Å². The minimum absolute atomic E-state index is 0.0969.